The zero-order chi connectivity index (χ0) is 18.5. The second-order valence-corrected chi connectivity index (χ2v) is 6.11. The molecule has 0 radical (unpaired) electrons. The third kappa shape index (κ3) is 4.47. The van der Waals surface area contributed by atoms with Crippen LogP contribution >= 0.6 is 23.2 Å². The quantitative estimate of drug-likeness (QED) is 0.668. The number of hydrogen-bond acceptors (Lipinski definition) is 4. The van der Waals surface area contributed by atoms with E-state index >= 15 is 0 Å². The lowest BCUT2D eigenvalue weighted by atomic mass is 10.2. The van der Waals surface area contributed by atoms with Gasteiger partial charge < -0.3 is 10.6 Å². The van der Waals surface area contributed by atoms with Crippen molar-refractivity contribution < 1.29 is 9.18 Å². The van der Waals surface area contributed by atoms with E-state index in [-0.39, 0.29) is 29.1 Å². The van der Waals surface area contributed by atoms with Gasteiger partial charge in [0.1, 0.15) is 11.5 Å². The van der Waals surface area contributed by atoms with Gasteiger partial charge in [0.25, 0.3) is 5.91 Å². The van der Waals surface area contributed by atoms with Crippen molar-refractivity contribution >= 4 is 40.7 Å². The molecular formula is C18H13Cl2FN4O. The molecule has 2 aromatic carbocycles. The largest absolute Gasteiger partial charge is 0.347 e. The molecule has 0 bridgehead atoms. The van der Waals surface area contributed by atoms with Gasteiger partial charge in [0.15, 0.2) is 0 Å². The van der Waals surface area contributed by atoms with Crippen molar-refractivity contribution in [1.29, 1.82) is 0 Å². The normalized spacial score (nSPS) is 10.4. The highest BCUT2D eigenvalue weighted by atomic mass is 35.5. The average molecular weight is 391 g/mol. The number of benzene rings is 2. The molecule has 0 aliphatic rings. The van der Waals surface area contributed by atoms with E-state index in [0.29, 0.717) is 10.7 Å². The average Bonchev–Trinajstić information content (AvgIpc) is 2.64. The minimum Gasteiger partial charge on any atom is -0.347 e. The molecule has 2 N–H and O–H groups in total. The summed E-state index contributed by atoms with van der Waals surface area (Å²) in [5.41, 5.74) is 1.49. The first-order valence-electron chi connectivity index (χ1n) is 7.59. The standard InChI is InChI=1S/C18H13Cl2FN4O/c19-13-4-2-1-3-11(13)10-23-17(26)16-7-8-22-18(25-16)24-12-5-6-15(21)14(20)9-12/h1-9H,10H2,(H,23,26)(H,22,24,25). The van der Waals surface area contributed by atoms with Crippen molar-refractivity contribution in [2.75, 3.05) is 5.32 Å². The van der Waals surface area contributed by atoms with E-state index in [4.69, 9.17) is 23.2 Å². The van der Waals surface area contributed by atoms with Gasteiger partial charge in [-0.05, 0) is 35.9 Å². The van der Waals surface area contributed by atoms with Crippen LogP contribution in [0.4, 0.5) is 16.0 Å². The summed E-state index contributed by atoms with van der Waals surface area (Å²) in [6.07, 6.45) is 1.45. The van der Waals surface area contributed by atoms with Crippen LogP contribution in [0, 0.1) is 5.82 Å². The van der Waals surface area contributed by atoms with E-state index < -0.39 is 5.82 Å². The molecule has 1 aromatic heterocycles. The molecule has 1 heterocycles. The highest BCUT2D eigenvalue weighted by Gasteiger charge is 2.10. The predicted molar refractivity (Wildman–Crippen MR) is 99.3 cm³/mol. The number of hydrogen-bond donors (Lipinski definition) is 2. The molecule has 8 heteroatoms. The van der Waals surface area contributed by atoms with E-state index in [2.05, 4.69) is 20.6 Å². The number of carbonyl (C=O) groups is 1. The summed E-state index contributed by atoms with van der Waals surface area (Å²) in [6, 6.07) is 12.9. The molecule has 26 heavy (non-hydrogen) atoms. The minimum atomic E-state index is -0.522. The van der Waals surface area contributed by atoms with Crippen molar-refractivity contribution in [3.8, 4) is 0 Å². The first kappa shape index (κ1) is 18.1. The predicted octanol–water partition coefficient (Wildman–Crippen LogP) is 4.60. The highest BCUT2D eigenvalue weighted by molar-refractivity contribution is 6.31. The van der Waals surface area contributed by atoms with Gasteiger partial charge >= 0.3 is 0 Å². The van der Waals surface area contributed by atoms with Crippen LogP contribution in [-0.4, -0.2) is 15.9 Å². The van der Waals surface area contributed by atoms with Crippen LogP contribution in [0.25, 0.3) is 0 Å². The minimum absolute atomic E-state index is 0.0244. The molecule has 132 valence electrons. The van der Waals surface area contributed by atoms with E-state index in [1.54, 1.807) is 6.07 Å². The van der Waals surface area contributed by atoms with Gasteiger partial charge in [-0.15, -0.1) is 0 Å². The van der Waals surface area contributed by atoms with Crippen molar-refractivity contribution in [3.63, 3.8) is 0 Å². The van der Waals surface area contributed by atoms with Gasteiger partial charge in [0, 0.05) is 23.5 Å². The molecule has 3 aromatic rings. The van der Waals surface area contributed by atoms with Gasteiger partial charge in [0.05, 0.1) is 5.02 Å². The Morgan fingerprint density at radius 3 is 2.65 bits per heavy atom. The number of halogens is 3. The summed E-state index contributed by atoms with van der Waals surface area (Å²) in [5.74, 6) is -0.698. The lowest BCUT2D eigenvalue weighted by Gasteiger charge is -2.08. The van der Waals surface area contributed by atoms with E-state index in [1.807, 2.05) is 18.2 Å². The maximum atomic E-state index is 13.2. The Labute approximate surface area is 159 Å². The van der Waals surface area contributed by atoms with Crippen molar-refractivity contribution in [2.24, 2.45) is 0 Å². The molecule has 0 fully saturated rings. The van der Waals surface area contributed by atoms with Gasteiger partial charge in [-0.3, -0.25) is 4.79 Å². The highest BCUT2D eigenvalue weighted by Crippen LogP contribution is 2.21. The van der Waals surface area contributed by atoms with Crippen LogP contribution in [0.1, 0.15) is 16.1 Å². The van der Waals surface area contributed by atoms with Crippen LogP contribution in [0.2, 0.25) is 10.0 Å². The monoisotopic (exact) mass is 390 g/mol. The smallest absolute Gasteiger partial charge is 0.270 e. The van der Waals surface area contributed by atoms with Crippen molar-refractivity contribution in [2.45, 2.75) is 6.54 Å². The van der Waals surface area contributed by atoms with E-state index in [0.717, 1.165) is 5.56 Å². The number of nitrogens with zero attached hydrogens (tertiary/aromatic N) is 2. The van der Waals surface area contributed by atoms with Gasteiger partial charge in [-0.1, -0.05) is 41.4 Å². The number of carbonyl (C=O) groups excluding carboxylic acids is 1. The second-order valence-electron chi connectivity index (χ2n) is 5.29. The van der Waals surface area contributed by atoms with Crippen LogP contribution in [0.3, 0.4) is 0 Å². The fourth-order valence-corrected chi connectivity index (χ4v) is 2.54. The fraction of sp³-hybridized carbons (Fsp3) is 0.0556. The Balaban J connectivity index is 1.69. The third-order valence-electron chi connectivity index (χ3n) is 3.46. The van der Waals surface area contributed by atoms with Gasteiger partial charge in [-0.25, -0.2) is 14.4 Å². The summed E-state index contributed by atoms with van der Waals surface area (Å²) in [6.45, 7) is 0.277. The molecule has 0 atom stereocenters. The first-order valence-corrected chi connectivity index (χ1v) is 8.35. The van der Waals surface area contributed by atoms with Gasteiger partial charge in [-0.2, -0.15) is 0 Å². The zero-order valence-corrected chi connectivity index (χ0v) is 14.9. The Kier molecular flexibility index (Phi) is 5.65. The van der Waals surface area contributed by atoms with E-state index in [1.165, 1.54) is 30.5 Å². The molecule has 1 amide bonds. The first-order chi connectivity index (χ1) is 12.5. The SMILES string of the molecule is O=C(NCc1ccccc1Cl)c1ccnc(Nc2ccc(F)c(Cl)c2)n1. The van der Waals surface area contributed by atoms with Gasteiger partial charge in [0.2, 0.25) is 5.95 Å². The number of amides is 1. The topological polar surface area (TPSA) is 66.9 Å². The number of aromatic nitrogens is 2. The van der Waals surface area contributed by atoms with Crippen LogP contribution in [0.15, 0.2) is 54.7 Å². The molecule has 0 saturated heterocycles. The Hall–Kier alpha value is -2.70. The van der Waals surface area contributed by atoms with E-state index in [9.17, 15) is 9.18 Å². The number of anilines is 2. The Bertz CT molecular complexity index is 952. The lowest BCUT2D eigenvalue weighted by Crippen LogP contribution is -2.24. The maximum absolute atomic E-state index is 13.2. The summed E-state index contributed by atoms with van der Waals surface area (Å²) >= 11 is 11.8. The molecule has 0 spiro atoms. The maximum Gasteiger partial charge on any atom is 0.270 e. The van der Waals surface area contributed by atoms with Crippen LogP contribution in [-0.2, 0) is 6.54 Å². The molecular weight excluding hydrogens is 378 g/mol. The fourth-order valence-electron chi connectivity index (χ4n) is 2.16. The van der Waals surface area contributed by atoms with Crippen molar-refractivity contribution in [3.05, 3.63) is 81.8 Å². The molecule has 5 nitrogen and oxygen atoms in total. The Morgan fingerprint density at radius 2 is 1.88 bits per heavy atom. The van der Waals surface area contributed by atoms with Crippen LogP contribution < -0.4 is 10.6 Å². The summed E-state index contributed by atoms with van der Waals surface area (Å²) in [7, 11) is 0. The number of nitrogens with one attached hydrogen (secondary N) is 2. The summed E-state index contributed by atoms with van der Waals surface area (Å²) in [5, 5.41) is 6.18. The molecule has 0 unspecified atom stereocenters. The van der Waals surface area contributed by atoms with Crippen LogP contribution in [0.5, 0.6) is 0 Å². The molecule has 0 aliphatic carbocycles. The summed E-state index contributed by atoms with van der Waals surface area (Å²) in [4.78, 5) is 20.5. The second kappa shape index (κ2) is 8.12. The third-order valence-corrected chi connectivity index (χ3v) is 4.12. The lowest BCUT2D eigenvalue weighted by molar-refractivity contribution is 0.0946. The molecule has 0 saturated carbocycles. The number of rotatable bonds is 5. The summed E-state index contributed by atoms with van der Waals surface area (Å²) < 4.78 is 13.2. The molecule has 0 aliphatic heterocycles. The van der Waals surface area contributed by atoms with Crippen molar-refractivity contribution in [1.82, 2.24) is 15.3 Å². The zero-order valence-electron chi connectivity index (χ0n) is 13.3. The molecule has 3 rings (SSSR count). The Morgan fingerprint density at radius 1 is 1.08 bits per heavy atom.